The predicted octanol–water partition coefficient (Wildman–Crippen LogP) is 11.2. The van der Waals surface area contributed by atoms with E-state index in [9.17, 15) is 10.5 Å². The largest absolute Gasteiger partial charge is 0.192 e. The van der Waals surface area contributed by atoms with E-state index in [1.165, 1.54) is 29.6 Å². The molecule has 0 aliphatic heterocycles. The van der Waals surface area contributed by atoms with Gasteiger partial charge in [0.1, 0.15) is 12.1 Å². The first-order valence-corrected chi connectivity index (χ1v) is 15.3. The molecule has 0 unspecified atom stereocenters. The topological polar surface area (TPSA) is 47.6 Å². The van der Waals surface area contributed by atoms with Crippen molar-refractivity contribution in [3.63, 3.8) is 0 Å². The second-order valence-electron chi connectivity index (χ2n) is 10.3. The van der Waals surface area contributed by atoms with Crippen LogP contribution in [0, 0.1) is 22.7 Å². The van der Waals surface area contributed by atoms with Gasteiger partial charge in [-0.05, 0) is 53.1 Å². The molecule has 0 radical (unpaired) electrons. The summed E-state index contributed by atoms with van der Waals surface area (Å²) in [4.78, 5) is 0. The highest BCUT2D eigenvalue weighted by Crippen LogP contribution is 2.46. The lowest BCUT2D eigenvalue weighted by molar-refractivity contribution is 1.44. The third-order valence-electron chi connectivity index (χ3n) is 7.99. The van der Waals surface area contributed by atoms with Gasteiger partial charge in [-0.3, -0.25) is 0 Å². The smallest absolute Gasteiger partial charge is 0.100 e. The molecule has 0 amide bonds. The van der Waals surface area contributed by atoms with Gasteiger partial charge in [-0.15, -0.1) is 22.7 Å². The first-order chi connectivity index (χ1) is 20.7. The molecule has 0 atom stereocenters. The van der Waals surface area contributed by atoms with Crippen LogP contribution >= 0.6 is 22.7 Å². The molecule has 8 rings (SSSR count). The van der Waals surface area contributed by atoms with E-state index < -0.39 is 0 Å². The number of fused-ring (bicyclic) bond motifs is 6. The summed E-state index contributed by atoms with van der Waals surface area (Å²) < 4.78 is 4.80. The van der Waals surface area contributed by atoms with Crippen LogP contribution in [0.4, 0.5) is 0 Å². The molecule has 4 heteroatoms. The number of thiophene rings is 2. The Labute approximate surface area is 250 Å². The fourth-order valence-electron chi connectivity index (χ4n) is 6.14. The minimum Gasteiger partial charge on any atom is -0.192 e. The van der Waals surface area contributed by atoms with Crippen molar-refractivity contribution in [3.8, 4) is 45.5 Å². The van der Waals surface area contributed by atoms with E-state index in [-0.39, 0.29) is 0 Å². The maximum Gasteiger partial charge on any atom is 0.100 e. The van der Waals surface area contributed by atoms with Gasteiger partial charge >= 0.3 is 0 Å². The van der Waals surface area contributed by atoms with Crippen LogP contribution in [0.15, 0.2) is 121 Å². The molecule has 42 heavy (non-hydrogen) atoms. The normalized spacial score (nSPS) is 11.3. The highest BCUT2D eigenvalue weighted by atomic mass is 32.1. The monoisotopic (exact) mass is 568 g/mol. The van der Waals surface area contributed by atoms with Crippen molar-refractivity contribution in [2.24, 2.45) is 0 Å². The van der Waals surface area contributed by atoms with Crippen molar-refractivity contribution < 1.29 is 0 Å². The van der Waals surface area contributed by atoms with E-state index in [0.717, 1.165) is 38.6 Å². The summed E-state index contributed by atoms with van der Waals surface area (Å²) in [6, 6.07) is 46.6. The van der Waals surface area contributed by atoms with Gasteiger partial charge in [0.25, 0.3) is 0 Å². The minimum atomic E-state index is 0.516. The molecule has 0 N–H and O–H groups in total. The molecule has 0 saturated heterocycles. The van der Waals surface area contributed by atoms with Gasteiger partial charge in [-0.25, -0.2) is 0 Å². The Bertz CT molecular complexity index is 2430. The Morgan fingerprint density at radius 3 is 1.83 bits per heavy atom. The van der Waals surface area contributed by atoms with E-state index in [1.807, 2.05) is 30.3 Å². The zero-order valence-electron chi connectivity index (χ0n) is 22.3. The Morgan fingerprint density at radius 1 is 0.429 bits per heavy atom. The summed E-state index contributed by atoms with van der Waals surface area (Å²) in [7, 11) is 0. The van der Waals surface area contributed by atoms with E-state index in [4.69, 9.17) is 0 Å². The van der Waals surface area contributed by atoms with Gasteiger partial charge in [0, 0.05) is 57.0 Å². The van der Waals surface area contributed by atoms with Crippen molar-refractivity contribution in [2.75, 3.05) is 0 Å². The number of nitriles is 2. The Morgan fingerprint density at radius 2 is 1.05 bits per heavy atom. The van der Waals surface area contributed by atoms with Gasteiger partial charge in [-0.1, -0.05) is 84.9 Å². The molecule has 0 bridgehead atoms. The van der Waals surface area contributed by atoms with Gasteiger partial charge in [0.05, 0.1) is 11.1 Å². The molecular weight excluding hydrogens is 549 g/mol. The summed E-state index contributed by atoms with van der Waals surface area (Å²) in [5.74, 6) is 0. The number of benzene rings is 6. The molecule has 2 nitrogen and oxygen atoms in total. The van der Waals surface area contributed by atoms with Crippen LogP contribution in [0.5, 0.6) is 0 Å². The maximum absolute atomic E-state index is 10.8. The van der Waals surface area contributed by atoms with Crippen molar-refractivity contribution in [1.82, 2.24) is 0 Å². The van der Waals surface area contributed by atoms with Gasteiger partial charge in [0.2, 0.25) is 0 Å². The molecular formula is C38H20N2S2. The third kappa shape index (κ3) is 3.67. The number of nitrogens with zero attached hydrogens (tertiary/aromatic N) is 2. The summed E-state index contributed by atoms with van der Waals surface area (Å²) in [5.41, 5.74) is 6.22. The van der Waals surface area contributed by atoms with Crippen molar-refractivity contribution in [2.45, 2.75) is 0 Å². The zero-order valence-corrected chi connectivity index (χ0v) is 23.9. The SMILES string of the molecule is N#Cc1c(-c2ccccc2)cc(-c2cccc3sc4ccccc4c23)c(C#N)c1-c1ccc2sc3ccccc3c2c1. The fourth-order valence-corrected chi connectivity index (χ4v) is 8.36. The van der Waals surface area contributed by atoms with Crippen LogP contribution < -0.4 is 0 Å². The van der Waals surface area contributed by atoms with Gasteiger partial charge in [-0.2, -0.15) is 10.5 Å². The lowest BCUT2D eigenvalue weighted by Crippen LogP contribution is -1.98. The first kappa shape index (κ1) is 24.5. The molecule has 0 aliphatic carbocycles. The molecule has 2 aromatic heterocycles. The Balaban J connectivity index is 1.52. The summed E-state index contributed by atoms with van der Waals surface area (Å²) in [5, 5.41) is 26.1. The first-order valence-electron chi connectivity index (χ1n) is 13.6. The van der Waals surface area contributed by atoms with Crippen LogP contribution in [0.2, 0.25) is 0 Å². The lowest BCUT2D eigenvalue weighted by atomic mass is 9.83. The lowest BCUT2D eigenvalue weighted by Gasteiger charge is -2.18. The molecule has 0 fully saturated rings. The van der Waals surface area contributed by atoms with E-state index in [0.29, 0.717) is 16.7 Å². The highest BCUT2D eigenvalue weighted by molar-refractivity contribution is 7.26. The number of hydrogen-bond donors (Lipinski definition) is 0. The molecule has 0 saturated carbocycles. The average Bonchev–Trinajstić information content (AvgIpc) is 3.62. The minimum absolute atomic E-state index is 0.516. The zero-order chi connectivity index (χ0) is 28.2. The van der Waals surface area contributed by atoms with E-state index >= 15 is 0 Å². The quantitative estimate of drug-likeness (QED) is 0.213. The summed E-state index contributed by atoms with van der Waals surface area (Å²) >= 11 is 3.52. The van der Waals surface area contributed by atoms with Crippen LogP contribution in [-0.2, 0) is 0 Å². The third-order valence-corrected chi connectivity index (χ3v) is 10.3. The Hall–Kier alpha value is -5.26. The van der Waals surface area contributed by atoms with Crippen LogP contribution in [0.1, 0.15) is 11.1 Å². The predicted molar refractivity (Wildman–Crippen MR) is 178 cm³/mol. The maximum atomic E-state index is 10.8. The highest BCUT2D eigenvalue weighted by Gasteiger charge is 2.24. The van der Waals surface area contributed by atoms with Gasteiger partial charge in [0.15, 0.2) is 0 Å². The molecule has 8 aromatic rings. The van der Waals surface area contributed by atoms with Gasteiger partial charge < -0.3 is 0 Å². The standard InChI is InChI=1S/C38H20N2S2/c39-21-31-28(23-9-2-1-3-10-23)20-29(26-13-8-16-36-38(26)27-12-5-7-15-34(27)42-36)32(22-40)37(31)24-17-18-35-30(19-24)25-11-4-6-14-33(25)41-35/h1-20H. The molecule has 2 heterocycles. The van der Waals surface area contributed by atoms with Crippen molar-refractivity contribution in [3.05, 3.63) is 132 Å². The van der Waals surface area contributed by atoms with Crippen LogP contribution in [0.25, 0.3) is 73.7 Å². The number of hydrogen-bond acceptors (Lipinski definition) is 4. The van der Waals surface area contributed by atoms with Crippen molar-refractivity contribution in [1.29, 1.82) is 10.5 Å². The fraction of sp³-hybridized carbons (Fsp3) is 0. The second kappa shape index (κ2) is 9.68. The molecule has 0 spiro atoms. The van der Waals surface area contributed by atoms with Crippen molar-refractivity contribution >= 4 is 63.0 Å². The Kier molecular flexibility index (Phi) is 5.66. The molecule has 0 aliphatic rings. The van der Waals surface area contributed by atoms with E-state index in [1.54, 1.807) is 22.7 Å². The van der Waals surface area contributed by atoms with Crippen LogP contribution in [-0.4, -0.2) is 0 Å². The second-order valence-corrected chi connectivity index (χ2v) is 12.4. The summed E-state index contributed by atoms with van der Waals surface area (Å²) in [6.07, 6.45) is 0. The average molecular weight is 569 g/mol. The molecule has 6 aromatic carbocycles. The molecule has 194 valence electrons. The number of rotatable bonds is 3. The summed E-state index contributed by atoms with van der Waals surface area (Å²) in [6.45, 7) is 0. The van der Waals surface area contributed by atoms with Crippen LogP contribution in [0.3, 0.4) is 0 Å². The van der Waals surface area contributed by atoms with E-state index in [2.05, 4.69) is 103 Å².